The summed E-state index contributed by atoms with van der Waals surface area (Å²) in [7, 11) is 0. The van der Waals surface area contributed by atoms with Crippen molar-refractivity contribution in [2.45, 2.75) is 91.9 Å². The van der Waals surface area contributed by atoms with Gasteiger partial charge in [-0.15, -0.1) is 0 Å². The van der Waals surface area contributed by atoms with Crippen molar-refractivity contribution >= 4 is 12.1 Å². The first-order valence-corrected chi connectivity index (χ1v) is 10.6. The molecule has 0 fully saturated rings. The second-order valence-corrected chi connectivity index (χ2v) is 7.55. The Bertz CT molecular complexity index is 358. The lowest BCUT2D eigenvalue weighted by atomic mass is 9.96. The molecule has 1 amide bonds. The van der Waals surface area contributed by atoms with E-state index in [0.29, 0.717) is 31.4 Å². The Morgan fingerprint density at radius 1 is 0.885 bits per heavy atom. The molecule has 26 heavy (non-hydrogen) atoms. The summed E-state index contributed by atoms with van der Waals surface area (Å²) in [6.07, 6.45) is 10.2. The molecule has 0 aliphatic carbocycles. The Morgan fingerprint density at radius 3 is 2.23 bits per heavy atom. The number of carbonyl (C=O) groups is 2. The van der Waals surface area contributed by atoms with E-state index in [2.05, 4.69) is 33.0 Å². The summed E-state index contributed by atoms with van der Waals surface area (Å²) in [5.74, 6) is 0.937. The van der Waals surface area contributed by atoms with Crippen LogP contribution in [0.1, 0.15) is 91.9 Å². The summed E-state index contributed by atoms with van der Waals surface area (Å²) < 4.78 is 10.3. The van der Waals surface area contributed by atoms with Crippen LogP contribution in [0, 0.1) is 11.8 Å². The standard InChI is InChI=1S/C21H41NO4/c1-5-7-9-10-12-19(11-8-6-2)17-26-21(24)25-16-15-22-20(23)14-13-18(3)4/h18-19H,5-17H2,1-4H3,(H,22,23). The second kappa shape index (κ2) is 17.2. The number of unbranched alkanes of at least 4 members (excludes halogenated alkanes) is 4. The fraction of sp³-hybridized carbons (Fsp3) is 0.905. The minimum atomic E-state index is -0.628. The molecule has 0 aliphatic rings. The molecule has 5 nitrogen and oxygen atoms in total. The summed E-state index contributed by atoms with van der Waals surface area (Å²) in [4.78, 5) is 23.3. The number of hydrogen-bond acceptors (Lipinski definition) is 4. The molecule has 0 heterocycles. The topological polar surface area (TPSA) is 64.6 Å². The van der Waals surface area contributed by atoms with Gasteiger partial charge in [0, 0.05) is 6.42 Å². The van der Waals surface area contributed by atoms with Gasteiger partial charge in [0.2, 0.25) is 5.91 Å². The van der Waals surface area contributed by atoms with E-state index in [-0.39, 0.29) is 12.5 Å². The van der Waals surface area contributed by atoms with E-state index in [0.717, 1.165) is 25.7 Å². The van der Waals surface area contributed by atoms with Crippen molar-refractivity contribution in [3.8, 4) is 0 Å². The van der Waals surface area contributed by atoms with Crippen LogP contribution in [-0.4, -0.2) is 31.8 Å². The monoisotopic (exact) mass is 371 g/mol. The fourth-order valence-electron chi connectivity index (χ4n) is 2.72. The molecule has 0 radical (unpaired) electrons. The highest BCUT2D eigenvalue weighted by Crippen LogP contribution is 2.18. The summed E-state index contributed by atoms with van der Waals surface area (Å²) in [5, 5.41) is 2.75. The third kappa shape index (κ3) is 16.2. The van der Waals surface area contributed by atoms with Gasteiger partial charge in [0.25, 0.3) is 0 Å². The second-order valence-electron chi connectivity index (χ2n) is 7.55. The minimum absolute atomic E-state index is 0.00220. The SMILES string of the molecule is CCCCCCC(CCCC)COC(=O)OCCNC(=O)CCC(C)C. The molecule has 0 spiro atoms. The van der Waals surface area contributed by atoms with Crippen molar-refractivity contribution < 1.29 is 19.1 Å². The molecule has 0 saturated heterocycles. The number of hydrogen-bond donors (Lipinski definition) is 1. The normalized spacial score (nSPS) is 12.0. The van der Waals surface area contributed by atoms with E-state index in [1.807, 2.05) is 0 Å². The predicted octanol–water partition coefficient (Wildman–Crippen LogP) is 5.47. The Labute approximate surface area is 160 Å². The summed E-state index contributed by atoms with van der Waals surface area (Å²) in [6.45, 7) is 9.49. The molecule has 154 valence electrons. The van der Waals surface area contributed by atoms with Gasteiger partial charge in [-0.1, -0.05) is 66.2 Å². The lowest BCUT2D eigenvalue weighted by molar-refractivity contribution is -0.121. The highest BCUT2D eigenvalue weighted by molar-refractivity contribution is 5.75. The van der Waals surface area contributed by atoms with Gasteiger partial charge in [0.15, 0.2) is 0 Å². The van der Waals surface area contributed by atoms with Crippen LogP contribution in [0.25, 0.3) is 0 Å². The van der Waals surface area contributed by atoms with Gasteiger partial charge in [0.1, 0.15) is 6.61 Å². The van der Waals surface area contributed by atoms with Crippen LogP contribution in [0.3, 0.4) is 0 Å². The lowest BCUT2D eigenvalue weighted by Crippen LogP contribution is -2.28. The zero-order valence-electron chi connectivity index (χ0n) is 17.5. The highest BCUT2D eigenvalue weighted by Gasteiger charge is 2.13. The van der Waals surface area contributed by atoms with Crippen LogP contribution in [0.15, 0.2) is 0 Å². The third-order valence-electron chi connectivity index (χ3n) is 4.46. The van der Waals surface area contributed by atoms with Crippen LogP contribution < -0.4 is 5.32 Å². The van der Waals surface area contributed by atoms with E-state index >= 15 is 0 Å². The van der Waals surface area contributed by atoms with Gasteiger partial charge in [0.05, 0.1) is 13.2 Å². The van der Waals surface area contributed by atoms with Crippen molar-refractivity contribution in [3.05, 3.63) is 0 Å². The highest BCUT2D eigenvalue weighted by atomic mass is 16.7. The molecular formula is C21H41NO4. The van der Waals surface area contributed by atoms with Gasteiger partial charge >= 0.3 is 6.16 Å². The van der Waals surface area contributed by atoms with Crippen LogP contribution >= 0.6 is 0 Å². The smallest absolute Gasteiger partial charge is 0.434 e. The van der Waals surface area contributed by atoms with E-state index in [1.165, 1.54) is 32.1 Å². The van der Waals surface area contributed by atoms with E-state index < -0.39 is 6.16 Å². The summed E-state index contributed by atoms with van der Waals surface area (Å²) >= 11 is 0. The van der Waals surface area contributed by atoms with Gasteiger partial charge < -0.3 is 14.8 Å². The van der Waals surface area contributed by atoms with Crippen molar-refractivity contribution in [2.24, 2.45) is 11.8 Å². The molecule has 5 heteroatoms. The lowest BCUT2D eigenvalue weighted by Gasteiger charge is -2.16. The average Bonchev–Trinajstić information content (AvgIpc) is 2.62. The number of ether oxygens (including phenoxy) is 2. The third-order valence-corrected chi connectivity index (χ3v) is 4.46. The molecule has 1 unspecified atom stereocenters. The molecule has 0 saturated carbocycles. The molecule has 0 bridgehead atoms. The quantitative estimate of drug-likeness (QED) is 0.289. The first kappa shape index (κ1) is 24.7. The van der Waals surface area contributed by atoms with Crippen LogP contribution in [-0.2, 0) is 14.3 Å². The zero-order chi connectivity index (χ0) is 19.6. The number of carbonyl (C=O) groups excluding carboxylic acids is 2. The molecule has 0 aromatic rings. The van der Waals surface area contributed by atoms with Crippen LogP contribution in [0.4, 0.5) is 4.79 Å². The Kier molecular flexibility index (Phi) is 16.3. The maximum absolute atomic E-state index is 11.7. The van der Waals surface area contributed by atoms with Crippen LogP contribution in [0.2, 0.25) is 0 Å². The van der Waals surface area contributed by atoms with E-state index in [4.69, 9.17) is 9.47 Å². The van der Waals surface area contributed by atoms with Crippen LogP contribution in [0.5, 0.6) is 0 Å². The molecule has 0 rings (SSSR count). The molecule has 0 aromatic carbocycles. The fourth-order valence-corrected chi connectivity index (χ4v) is 2.72. The minimum Gasteiger partial charge on any atom is -0.434 e. The maximum atomic E-state index is 11.7. The Balaban J connectivity index is 3.84. The first-order valence-electron chi connectivity index (χ1n) is 10.6. The Hall–Kier alpha value is -1.26. The largest absolute Gasteiger partial charge is 0.508 e. The maximum Gasteiger partial charge on any atom is 0.508 e. The number of rotatable bonds is 16. The number of nitrogens with one attached hydrogen (secondary N) is 1. The summed E-state index contributed by atoms with van der Waals surface area (Å²) in [5.41, 5.74) is 0. The molecule has 1 atom stereocenters. The average molecular weight is 372 g/mol. The van der Waals surface area contributed by atoms with E-state index in [9.17, 15) is 9.59 Å². The van der Waals surface area contributed by atoms with Crippen molar-refractivity contribution in [1.82, 2.24) is 5.32 Å². The van der Waals surface area contributed by atoms with Crippen molar-refractivity contribution in [3.63, 3.8) is 0 Å². The van der Waals surface area contributed by atoms with Gasteiger partial charge in [-0.2, -0.15) is 0 Å². The first-order chi connectivity index (χ1) is 12.5. The molecule has 0 aliphatic heterocycles. The molecule has 1 N–H and O–H groups in total. The number of amides is 1. The van der Waals surface area contributed by atoms with Crippen molar-refractivity contribution in [1.29, 1.82) is 0 Å². The molecular weight excluding hydrogens is 330 g/mol. The van der Waals surface area contributed by atoms with E-state index in [1.54, 1.807) is 0 Å². The predicted molar refractivity (Wildman–Crippen MR) is 106 cm³/mol. The van der Waals surface area contributed by atoms with Gasteiger partial charge in [-0.3, -0.25) is 4.79 Å². The van der Waals surface area contributed by atoms with Crippen molar-refractivity contribution in [2.75, 3.05) is 19.8 Å². The molecule has 0 aromatic heterocycles. The van der Waals surface area contributed by atoms with Gasteiger partial charge in [-0.05, 0) is 31.1 Å². The van der Waals surface area contributed by atoms with Gasteiger partial charge in [-0.25, -0.2) is 4.79 Å². The zero-order valence-corrected chi connectivity index (χ0v) is 17.5. The summed E-state index contributed by atoms with van der Waals surface area (Å²) in [6, 6.07) is 0. The Morgan fingerprint density at radius 2 is 1.58 bits per heavy atom.